The van der Waals surface area contributed by atoms with E-state index in [4.69, 9.17) is 16.3 Å². The molecule has 0 atom stereocenters. The summed E-state index contributed by atoms with van der Waals surface area (Å²) in [6, 6.07) is 4.91. The predicted octanol–water partition coefficient (Wildman–Crippen LogP) is 4.52. The Balaban J connectivity index is 2.07. The second-order valence-electron chi connectivity index (χ2n) is 4.86. The molecule has 0 bridgehead atoms. The molecule has 0 saturated heterocycles. The van der Waals surface area contributed by atoms with Crippen molar-refractivity contribution in [3.63, 3.8) is 0 Å². The van der Waals surface area contributed by atoms with Crippen molar-refractivity contribution in [1.82, 2.24) is 0 Å². The third kappa shape index (κ3) is 3.12. The number of alkyl halides is 1. The minimum atomic E-state index is -0.304. The summed E-state index contributed by atoms with van der Waals surface area (Å²) in [5, 5.41) is 0. The molecule has 0 aliphatic heterocycles. The molecule has 1 saturated carbocycles. The summed E-state index contributed by atoms with van der Waals surface area (Å²) in [5.74, 6) is 1.10. The lowest BCUT2D eigenvalue weighted by atomic mass is 9.89. The molecular weight excluding hydrogens is 239 g/mol. The van der Waals surface area contributed by atoms with Gasteiger partial charge in [0.2, 0.25) is 0 Å². The number of rotatable bonds is 3. The minimum absolute atomic E-state index is 0.144. The number of halogens is 2. The van der Waals surface area contributed by atoms with Gasteiger partial charge in [-0.25, -0.2) is 4.39 Å². The Bertz CT molecular complexity index is 372. The van der Waals surface area contributed by atoms with E-state index in [9.17, 15) is 4.39 Å². The molecule has 1 fully saturated rings. The highest BCUT2D eigenvalue weighted by atomic mass is 35.5. The number of ether oxygens (including phenoxy) is 1. The van der Waals surface area contributed by atoms with Gasteiger partial charge in [0.05, 0.1) is 12.0 Å². The van der Waals surface area contributed by atoms with Gasteiger partial charge < -0.3 is 4.74 Å². The van der Waals surface area contributed by atoms with Crippen molar-refractivity contribution in [3.05, 3.63) is 29.6 Å². The molecule has 3 heteroatoms. The Kier molecular flexibility index (Phi) is 4.27. The highest BCUT2D eigenvalue weighted by Crippen LogP contribution is 2.31. The highest BCUT2D eigenvalue weighted by molar-refractivity contribution is 6.17. The smallest absolute Gasteiger partial charge is 0.165 e. The average Bonchev–Trinajstić information content (AvgIpc) is 2.34. The lowest BCUT2D eigenvalue weighted by Crippen LogP contribution is -2.23. The van der Waals surface area contributed by atoms with Crippen LogP contribution in [0.2, 0.25) is 0 Å². The molecule has 1 aromatic carbocycles. The van der Waals surface area contributed by atoms with E-state index in [2.05, 4.69) is 6.92 Å². The van der Waals surface area contributed by atoms with Crippen molar-refractivity contribution in [3.8, 4) is 5.75 Å². The monoisotopic (exact) mass is 256 g/mol. The maximum atomic E-state index is 13.7. The van der Waals surface area contributed by atoms with E-state index in [1.807, 2.05) is 6.07 Å². The minimum Gasteiger partial charge on any atom is -0.487 e. The third-order valence-corrected chi connectivity index (χ3v) is 3.73. The van der Waals surface area contributed by atoms with Gasteiger partial charge in [-0.15, -0.1) is 11.6 Å². The molecule has 1 nitrogen and oxygen atoms in total. The van der Waals surface area contributed by atoms with E-state index in [1.165, 1.54) is 6.07 Å². The summed E-state index contributed by atoms with van der Waals surface area (Å²) in [4.78, 5) is 0. The zero-order chi connectivity index (χ0) is 12.3. The van der Waals surface area contributed by atoms with Crippen LogP contribution < -0.4 is 4.74 Å². The summed E-state index contributed by atoms with van der Waals surface area (Å²) in [6.45, 7) is 2.25. The fraction of sp³-hybridized carbons (Fsp3) is 0.571. The lowest BCUT2D eigenvalue weighted by molar-refractivity contribution is 0.129. The van der Waals surface area contributed by atoms with Crippen molar-refractivity contribution in [1.29, 1.82) is 0 Å². The first-order valence-electron chi connectivity index (χ1n) is 6.20. The Labute approximate surface area is 107 Å². The molecule has 0 aromatic heterocycles. The molecule has 0 unspecified atom stereocenters. The van der Waals surface area contributed by atoms with Crippen LogP contribution in [0, 0.1) is 11.7 Å². The molecular formula is C14H18ClFO. The molecule has 0 amide bonds. The van der Waals surface area contributed by atoms with Crippen molar-refractivity contribution >= 4 is 11.6 Å². The summed E-state index contributed by atoms with van der Waals surface area (Å²) in [7, 11) is 0. The van der Waals surface area contributed by atoms with Crippen LogP contribution in [-0.4, -0.2) is 6.10 Å². The summed E-state index contributed by atoms with van der Waals surface area (Å²) in [6.07, 6.45) is 4.49. The second kappa shape index (κ2) is 5.72. The standard InChI is InChI=1S/C14H18ClFO/c1-10-5-7-12(8-6-10)17-14-11(9-15)3-2-4-13(14)16/h2-4,10,12H,5-9H2,1H3. The van der Waals surface area contributed by atoms with E-state index in [0.717, 1.165) is 37.2 Å². The van der Waals surface area contributed by atoms with Crippen LogP contribution in [-0.2, 0) is 5.88 Å². The van der Waals surface area contributed by atoms with Gasteiger partial charge >= 0.3 is 0 Å². The first kappa shape index (κ1) is 12.7. The molecule has 0 spiro atoms. The quantitative estimate of drug-likeness (QED) is 0.723. The van der Waals surface area contributed by atoms with E-state index in [0.29, 0.717) is 5.75 Å². The Morgan fingerprint density at radius 1 is 1.29 bits per heavy atom. The maximum Gasteiger partial charge on any atom is 0.165 e. The van der Waals surface area contributed by atoms with Crippen molar-refractivity contribution in [2.45, 2.75) is 44.6 Å². The summed E-state index contributed by atoms with van der Waals surface area (Å²) >= 11 is 5.80. The van der Waals surface area contributed by atoms with Crippen LogP contribution in [0.4, 0.5) is 4.39 Å². The van der Waals surface area contributed by atoms with Crippen molar-refractivity contribution in [2.24, 2.45) is 5.92 Å². The molecule has 1 aliphatic carbocycles. The summed E-state index contributed by atoms with van der Waals surface area (Å²) < 4.78 is 19.5. The number of benzene rings is 1. The number of hydrogen-bond donors (Lipinski definition) is 0. The molecule has 0 heterocycles. The zero-order valence-electron chi connectivity index (χ0n) is 10.1. The molecule has 1 aliphatic rings. The van der Waals surface area contributed by atoms with Crippen molar-refractivity contribution in [2.75, 3.05) is 0 Å². The van der Waals surface area contributed by atoms with E-state index in [-0.39, 0.29) is 17.8 Å². The first-order valence-corrected chi connectivity index (χ1v) is 6.74. The van der Waals surface area contributed by atoms with Crippen LogP contribution >= 0.6 is 11.6 Å². The topological polar surface area (TPSA) is 9.23 Å². The van der Waals surface area contributed by atoms with Gasteiger partial charge in [0.25, 0.3) is 0 Å². The third-order valence-electron chi connectivity index (χ3n) is 3.44. The van der Waals surface area contributed by atoms with Crippen LogP contribution in [0.3, 0.4) is 0 Å². The molecule has 0 N–H and O–H groups in total. The average molecular weight is 257 g/mol. The largest absolute Gasteiger partial charge is 0.487 e. The normalized spacial score (nSPS) is 24.6. The predicted molar refractivity (Wildman–Crippen MR) is 68.0 cm³/mol. The van der Waals surface area contributed by atoms with Gasteiger partial charge in [0.1, 0.15) is 0 Å². The van der Waals surface area contributed by atoms with Gasteiger partial charge in [0, 0.05) is 5.56 Å². The zero-order valence-corrected chi connectivity index (χ0v) is 10.8. The van der Waals surface area contributed by atoms with Crippen LogP contribution in [0.1, 0.15) is 38.2 Å². The first-order chi connectivity index (χ1) is 8.20. The van der Waals surface area contributed by atoms with Crippen molar-refractivity contribution < 1.29 is 9.13 Å². The molecule has 1 aromatic rings. The Morgan fingerprint density at radius 3 is 2.65 bits per heavy atom. The van der Waals surface area contributed by atoms with Gasteiger partial charge in [-0.2, -0.15) is 0 Å². The van der Waals surface area contributed by atoms with E-state index < -0.39 is 0 Å². The lowest BCUT2D eigenvalue weighted by Gasteiger charge is -2.27. The molecule has 0 radical (unpaired) electrons. The maximum absolute atomic E-state index is 13.7. The number of hydrogen-bond acceptors (Lipinski definition) is 1. The molecule has 2 rings (SSSR count). The van der Waals surface area contributed by atoms with Crippen LogP contribution in [0.5, 0.6) is 5.75 Å². The Hall–Kier alpha value is -0.760. The van der Waals surface area contributed by atoms with E-state index in [1.54, 1.807) is 6.07 Å². The molecule has 94 valence electrons. The van der Waals surface area contributed by atoms with Crippen LogP contribution in [0.25, 0.3) is 0 Å². The van der Waals surface area contributed by atoms with Gasteiger partial charge in [-0.05, 0) is 37.7 Å². The summed E-state index contributed by atoms with van der Waals surface area (Å²) in [5.41, 5.74) is 0.741. The van der Waals surface area contributed by atoms with Gasteiger partial charge in [0.15, 0.2) is 11.6 Å². The fourth-order valence-corrected chi connectivity index (χ4v) is 2.52. The van der Waals surface area contributed by atoms with E-state index >= 15 is 0 Å². The SMILES string of the molecule is CC1CCC(Oc2c(F)cccc2CCl)CC1. The highest BCUT2D eigenvalue weighted by Gasteiger charge is 2.21. The van der Waals surface area contributed by atoms with Crippen LogP contribution in [0.15, 0.2) is 18.2 Å². The fourth-order valence-electron chi connectivity index (χ4n) is 2.30. The molecule has 17 heavy (non-hydrogen) atoms. The second-order valence-corrected chi connectivity index (χ2v) is 5.13. The Morgan fingerprint density at radius 2 is 2.00 bits per heavy atom. The van der Waals surface area contributed by atoms with Gasteiger partial charge in [-0.3, -0.25) is 0 Å². The number of para-hydroxylation sites is 1. The van der Waals surface area contributed by atoms with Gasteiger partial charge in [-0.1, -0.05) is 19.1 Å².